The van der Waals surface area contributed by atoms with E-state index in [1.807, 2.05) is 42.7 Å². The molecule has 1 aromatic carbocycles. The van der Waals surface area contributed by atoms with Gasteiger partial charge in [-0.1, -0.05) is 32.9 Å². The van der Waals surface area contributed by atoms with Crippen molar-refractivity contribution >= 4 is 28.8 Å². The van der Waals surface area contributed by atoms with Crippen LogP contribution in [0.3, 0.4) is 0 Å². The van der Waals surface area contributed by atoms with Gasteiger partial charge in [-0.2, -0.15) is 0 Å². The molecule has 0 aliphatic heterocycles. The molecule has 0 aliphatic rings. The minimum Gasteiger partial charge on any atom is -0.344 e. The van der Waals surface area contributed by atoms with Crippen LogP contribution in [0.2, 0.25) is 0 Å². The van der Waals surface area contributed by atoms with Crippen molar-refractivity contribution in [3.63, 3.8) is 0 Å². The highest BCUT2D eigenvalue weighted by Gasteiger charge is 2.24. The van der Waals surface area contributed by atoms with Crippen molar-refractivity contribution in [3.8, 4) is 0 Å². The molecule has 1 aromatic heterocycles. The van der Waals surface area contributed by atoms with Gasteiger partial charge in [0.2, 0.25) is 17.8 Å². The van der Waals surface area contributed by atoms with Crippen LogP contribution in [0.5, 0.6) is 0 Å². The molecular formula is C17H24N4O2. The summed E-state index contributed by atoms with van der Waals surface area (Å²) in [6.45, 7) is 8.05. The summed E-state index contributed by atoms with van der Waals surface area (Å²) in [4.78, 5) is 28.4. The molecule has 0 bridgehead atoms. The summed E-state index contributed by atoms with van der Waals surface area (Å²) in [7, 11) is 0. The number of benzene rings is 1. The topological polar surface area (TPSA) is 76.0 Å². The minimum absolute atomic E-state index is 0.0112. The van der Waals surface area contributed by atoms with Gasteiger partial charge in [-0.25, -0.2) is 4.98 Å². The molecule has 2 amide bonds. The van der Waals surface area contributed by atoms with Crippen LogP contribution in [0.1, 0.15) is 34.1 Å². The van der Waals surface area contributed by atoms with Gasteiger partial charge in [-0.05, 0) is 24.5 Å². The average molecular weight is 316 g/mol. The highest BCUT2D eigenvalue weighted by molar-refractivity contribution is 5.97. The monoisotopic (exact) mass is 316 g/mol. The molecule has 124 valence electrons. The molecule has 23 heavy (non-hydrogen) atoms. The molecule has 1 atom stereocenters. The van der Waals surface area contributed by atoms with E-state index in [4.69, 9.17) is 0 Å². The molecule has 1 heterocycles. The third-order valence-corrected chi connectivity index (χ3v) is 3.64. The van der Waals surface area contributed by atoms with E-state index in [-0.39, 0.29) is 17.7 Å². The maximum absolute atomic E-state index is 12.5. The zero-order valence-electron chi connectivity index (χ0n) is 14.1. The maximum Gasteiger partial charge on any atom is 0.249 e. The summed E-state index contributed by atoms with van der Waals surface area (Å²) in [6, 6.07) is 7.20. The van der Waals surface area contributed by atoms with Crippen LogP contribution in [-0.2, 0) is 16.1 Å². The third kappa shape index (κ3) is 3.88. The summed E-state index contributed by atoms with van der Waals surface area (Å²) in [5.41, 5.74) is 1.84. The van der Waals surface area contributed by atoms with Crippen LogP contribution in [0, 0.1) is 5.92 Å². The third-order valence-electron chi connectivity index (χ3n) is 3.64. The normalized spacial score (nSPS) is 12.4. The van der Waals surface area contributed by atoms with Crippen LogP contribution in [-0.4, -0.2) is 27.4 Å². The van der Waals surface area contributed by atoms with Crippen molar-refractivity contribution < 1.29 is 9.59 Å². The first kappa shape index (κ1) is 17.0. The van der Waals surface area contributed by atoms with Gasteiger partial charge in [0, 0.05) is 13.5 Å². The van der Waals surface area contributed by atoms with E-state index in [0.29, 0.717) is 5.95 Å². The first-order valence-electron chi connectivity index (χ1n) is 7.97. The Labute approximate surface area is 136 Å². The van der Waals surface area contributed by atoms with Gasteiger partial charge in [-0.15, -0.1) is 0 Å². The number of rotatable bonds is 6. The van der Waals surface area contributed by atoms with E-state index in [0.717, 1.165) is 24.0 Å². The summed E-state index contributed by atoms with van der Waals surface area (Å²) >= 11 is 0. The molecule has 0 saturated carbocycles. The van der Waals surface area contributed by atoms with E-state index < -0.39 is 6.04 Å². The largest absolute Gasteiger partial charge is 0.344 e. The molecule has 2 rings (SSSR count). The van der Waals surface area contributed by atoms with Gasteiger partial charge in [0.1, 0.15) is 6.04 Å². The lowest BCUT2D eigenvalue weighted by atomic mass is 10.0. The first-order chi connectivity index (χ1) is 10.9. The first-order valence-corrected chi connectivity index (χ1v) is 7.97. The number of carbonyl (C=O) groups is 2. The Morgan fingerprint density at radius 2 is 1.96 bits per heavy atom. The highest BCUT2D eigenvalue weighted by atomic mass is 16.2. The van der Waals surface area contributed by atoms with Crippen molar-refractivity contribution in [2.45, 2.75) is 46.7 Å². The Kier molecular flexibility index (Phi) is 5.36. The number of hydrogen-bond acceptors (Lipinski definition) is 3. The fourth-order valence-electron chi connectivity index (χ4n) is 2.56. The number of carbonyl (C=O) groups excluding carboxylic acids is 2. The second-order valence-corrected chi connectivity index (χ2v) is 5.99. The number of aryl methyl sites for hydroxylation is 1. The molecular weight excluding hydrogens is 292 g/mol. The second-order valence-electron chi connectivity index (χ2n) is 5.99. The van der Waals surface area contributed by atoms with E-state index >= 15 is 0 Å². The van der Waals surface area contributed by atoms with Gasteiger partial charge in [0.25, 0.3) is 0 Å². The van der Waals surface area contributed by atoms with Crippen LogP contribution in [0.15, 0.2) is 24.3 Å². The van der Waals surface area contributed by atoms with Crippen molar-refractivity contribution in [3.05, 3.63) is 24.3 Å². The Morgan fingerprint density at radius 3 is 2.57 bits per heavy atom. The Balaban J connectivity index is 2.31. The molecule has 0 radical (unpaired) electrons. The van der Waals surface area contributed by atoms with Crippen LogP contribution in [0.4, 0.5) is 5.95 Å². The van der Waals surface area contributed by atoms with Gasteiger partial charge in [0.05, 0.1) is 11.0 Å². The van der Waals surface area contributed by atoms with E-state index in [9.17, 15) is 9.59 Å². The number of hydrogen-bond donors (Lipinski definition) is 2. The lowest BCUT2D eigenvalue weighted by Crippen LogP contribution is -2.46. The summed E-state index contributed by atoms with van der Waals surface area (Å²) in [5.74, 6) is 0.0423. The number of imidazole rings is 1. The summed E-state index contributed by atoms with van der Waals surface area (Å²) in [5, 5.41) is 5.57. The smallest absolute Gasteiger partial charge is 0.249 e. The predicted molar refractivity (Wildman–Crippen MR) is 91.1 cm³/mol. The van der Waals surface area contributed by atoms with Gasteiger partial charge < -0.3 is 9.88 Å². The predicted octanol–water partition coefficient (Wildman–Crippen LogP) is 2.55. The van der Waals surface area contributed by atoms with Crippen LogP contribution in [0.25, 0.3) is 11.0 Å². The van der Waals surface area contributed by atoms with Crippen LogP contribution >= 0.6 is 0 Å². The molecule has 2 N–H and O–H groups in total. The number of amides is 2. The standard InChI is InChI=1S/C17H24N4O2/c1-5-10-21-14-9-7-6-8-13(14)19-17(21)20-16(23)15(11(2)3)18-12(4)22/h6-9,11,15H,5,10H2,1-4H3,(H,18,22)(H,19,20,23). The number of para-hydroxylation sites is 2. The molecule has 6 nitrogen and oxygen atoms in total. The number of fused-ring (bicyclic) bond motifs is 1. The lowest BCUT2D eigenvalue weighted by molar-refractivity contribution is -0.126. The van der Waals surface area contributed by atoms with Gasteiger partial charge >= 0.3 is 0 Å². The highest BCUT2D eigenvalue weighted by Crippen LogP contribution is 2.20. The quantitative estimate of drug-likeness (QED) is 0.860. The number of aromatic nitrogens is 2. The van der Waals surface area contributed by atoms with Crippen LogP contribution < -0.4 is 10.6 Å². The molecule has 1 unspecified atom stereocenters. The lowest BCUT2D eigenvalue weighted by Gasteiger charge is -2.21. The van der Waals surface area contributed by atoms with Gasteiger partial charge in [-0.3, -0.25) is 14.9 Å². The minimum atomic E-state index is -0.581. The SMILES string of the molecule is CCCn1c(NC(=O)C(NC(C)=O)C(C)C)nc2ccccc21. The molecule has 0 aliphatic carbocycles. The molecule has 0 saturated heterocycles. The number of nitrogens with zero attached hydrogens (tertiary/aromatic N) is 2. The zero-order chi connectivity index (χ0) is 17.0. The van der Waals surface area contributed by atoms with E-state index in [1.165, 1.54) is 6.92 Å². The summed E-state index contributed by atoms with van der Waals surface area (Å²) < 4.78 is 2.00. The van der Waals surface area contributed by atoms with E-state index in [2.05, 4.69) is 22.5 Å². The Hall–Kier alpha value is -2.37. The number of anilines is 1. The van der Waals surface area contributed by atoms with E-state index in [1.54, 1.807) is 0 Å². The zero-order valence-corrected chi connectivity index (χ0v) is 14.1. The maximum atomic E-state index is 12.5. The number of nitrogens with one attached hydrogen (secondary N) is 2. The molecule has 6 heteroatoms. The van der Waals surface area contributed by atoms with Crippen molar-refractivity contribution in [1.82, 2.24) is 14.9 Å². The Bertz CT molecular complexity index is 706. The van der Waals surface area contributed by atoms with Crippen molar-refractivity contribution in [2.24, 2.45) is 5.92 Å². The van der Waals surface area contributed by atoms with Crippen molar-refractivity contribution in [1.29, 1.82) is 0 Å². The fourth-order valence-corrected chi connectivity index (χ4v) is 2.56. The fraction of sp³-hybridized carbons (Fsp3) is 0.471. The molecule has 0 fully saturated rings. The Morgan fingerprint density at radius 1 is 1.26 bits per heavy atom. The summed E-state index contributed by atoms with van der Waals surface area (Å²) in [6.07, 6.45) is 0.933. The molecule has 2 aromatic rings. The van der Waals surface area contributed by atoms with Crippen molar-refractivity contribution in [2.75, 3.05) is 5.32 Å². The van der Waals surface area contributed by atoms with Gasteiger partial charge in [0.15, 0.2) is 0 Å². The molecule has 0 spiro atoms. The average Bonchev–Trinajstić information content (AvgIpc) is 2.82. The second kappa shape index (κ2) is 7.26.